The fraction of sp³-hybridized carbons (Fsp3) is 0.455. The van der Waals surface area contributed by atoms with Gasteiger partial charge in [0.05, 0.1) is 18.8 Å². The molecule has 0 radical (unpaired) electrons. The third kappa shape index (κ3) is 2.82. The van der Waals surface area contributed by atoms with Crippen LogP contribution in [0.4, 0.5) is 0 Å². The van der Waals surface area contributed by atoms with Gasteiger partial charge in [-0.15, -0.1) is 0 Å². The molecule has 1 aliphatic carbocycles. The fourth-order valence-electron chi connectivity index (χ4n) is 4.87. The van der Waals surface area contributed by atoms with Gasteiger partial charge in [0.15, 0.2) is 0 Å². The molecule has 5 nitrogen and oxygen atoms in total. The van der Waals surface area contributed by atoms with E-state index < -0.39 is 12.1 Å². The zero-order chi connectivity index (χ0) is 18.4. The summed E-state index contributed by atoms with van der Waals surface area (Å²) in [6.07, 6.45) is 0.244. The van der Waals surface area contributed by atoms with Gasteiger partial charge in [-0.25, -0.2) is 0 Å². The molecule has 4 bridgehead atoms. The molecular weight excluding hydrogens is 342 g/mol. The molecule has 4 fully saturated rings. The molecule has 6 rings (SSSR count). The van der Waals surface area contributed by atoms with E-state index >= 15 is 0 Å². The Morgan fingerprint density at radius 1 is 0.889 bits per heavy atom. The highest BCUT2D eigenvalue weighted by atomic mass is 16.9. The Morgan fingerprint density at radius 2 is 1.52 bits per heavy atom. The number of ether oxygens (including phenoxy) is 4. The molecule has 0 spiro atoms. The summed E-state index contributed by atoms with van der Waals surface area (Å²) in [6, 6.07) is 20.3. The first-order valence-corrected chi connectivity index (χ1v) is 9.61. The van der Waals surface area contributed by atoms with E-state index in [4.69, 9.17) is 24.7 Å². The highest BCUT2D eigenvalue weighted by Crippen LogP contribution is 2.50. The molecule has 1 saturated carbocycles. The van der Waals surface area contributed by atoms with Gasteiger partial charge in [-0.2, -0.15) is 0 Å². The van der Waals surface area contributed by atoms with Crippen molar-refractivity contribution < 1.29 is 18.9 Å². The van der Waals surface area contributed by atoms with Crippen LogP contribution in [0.2, 0.25) is 0 Å². The topological polar surface area (TPSA) is 62.9 Å². The Kier molecular flexibility index (Phi) is 4.30. The minimum Gasteiger partial charge on any atom is -0.364 e. The second kappa shape index (κ2) is 6.69. The maximum atomic E-state index is 6.65. The van der Waals surface area contributed by atoms with Crippen LogP contribution >= 0.6 is 0 Å². The van der Waals surface area contributed by atoms with Crippen molar-refractivity contribution in [1.29, 1.82) is 0 Å². The smallest absolute Gasteiger partial charge is 0.272 e. The predicted molar refractivity (Wildman–Crippen MR) is 99.7 cm³/mol. The molecule has 5 heteroatoms. The standard InChI is InChI=1S/C22H25NO4/c1-14-18-17(23)20-22(12-15-8-4-2-5-9-15,19(14)26-21(25-18)27-20)24-13-16-10-6-3-7-11-16/h2-11,14,17-21H,12-13,23H2,1H3. The Bertz CT molecular complexity index is 763. The van der Waals surface area contributed by atoms with E-state index in [9.17, 15) is 0 Å². The van der Waals surface area contributed by atoms with Crippen LogP contribution in [0.1, 0.15) is 18.1 Å². The molecule has 7 atom stereocenters. The largest absolute Gasteiger partial charge is 0.364 e. The molecule has 0 aromatic heterocycles. The van der Waals surface area contributed by atoms with Crippen LogP contribution in [-0.2, 0) is 32.0 Å². The summed E-state index contributed by atoms with van der Waals surface area (Å²) in [5.74, 6) is 0.135. The van der Waals surface area contributed by atoms with Crippen molar-refractivity contribution in [2.75, 3.05) is 0 Å². The number of nitrogens with two attached hydrogens (primary N) is 1. The minimum absolute atomic E-state index is 0.0586. The zero-order valence-corrected chi connectivity index (χ0v) is 15.4. The summed E-state index contributed by atoms with van der Waals surface area (Å²) in [7, 11) is 0. The van der Waals surface area contributed by atoms with E-state index in [0.29, 0.717) is 13.0 Å². The monoisotopic (exact) mass is 367 g/mol. The van der Waals surface area contributed by atoms with Crippen LogP contribution in [-0.4, -0.2) is 36.4 Å². The molecular formula is C22H25NO4. The van der Waals surface area contributed by atoms with Crippen LogP contribution in [0.25, 0.3) is 0 Å². The number of hydrogen-bond acceptors (Lipinski definition) is 5. The van der Waals surface area contributed by atoms with Crippen LogP contribution in [0.5, 0.6) is 0 Å². The molecule has 3 aliphatic heterocycles. The molecule has 27 heavy (non-hydrogen) atoms. The summed E-state index contributed by atoms with van der Waals surface area (Å²) in [4.78, 5) is 0. The third-order valence-electron chi connectivity index (χ3n) is 6.15. The normalized spacial score (nSPS) is 39.6. The quantitative estimate of drug-likeness (QED) is 0.880. The fourth-order valence-corrected chi connectivity index (χ4v) is 4.87. The van der Waals surface area contributed by atoms with Gasteiger partial charge in [0.25, 0.3) is 6.48 Å². The van der Waals surface area contributed by atoms with Crippen molar-refractivity contribution in [3.63, 3.8) is 0 Å². The molecule has 2 N–H and O–H groups in total. The summed E-state index contributed by atoms with van der Waals surface area (Å²) >= 11 is 0. The second-order valence-corrected chi connectivity index (χ2v) is 7.83. The van der Waals surface area contributed by atoms with Crippen molar-refractivity contribution in [2.45, 2.75) is 56.4 Å². The lowest BCUT2D eigenvalue weighted by atomic mass is 9.66. The van der Waals surface area contributed by atoms with Crippen LogP contribution in [0, 0.1) is 5.92 Å². The van der Waals surface area contributed by atoms with Crippen LogP contribution < -0.4 is 5.73 Å². The average Bonchev–Trinajstić information content (AvgIpc) is 2.71. The molecule has 0 amide bonds. The lowest BCUT2D eigenvalue weighted by Gasteiger charge is -2.63. The minimum atomic E-state index is -0.646. The molecule has 3 heterocycles. The number of rotatable bonds is 5. The third-order valence-corrected chi connectivity index (χ3v) is 6.15. The van der Waals surface area contributed by atoms with Gasteiger partial charge < -0.3 is 24.7 Å². The van der Waals surface area contributed by atoms with E-state index in [0.717, 1.165) is 5.56 Å². The zero-order valence-electron chi connectivity index (χ0n) is 15.4. The summed E-state index contributed by atoms with van der Waals surface area (Å²) in [5.41, 5.74) is 8.23. The number of hydrogen-bond donors (Lipinski definition) is 1. The number of benzene rings is 2. The van der Waals surface area contributed by atoms with Gasteiger partial charge in [-0.05, 0) is 11.1 Å². The molecule has 4 aliphatic rings. The van der Waals surface area contributed by atoms with Crippen molar-refractivity contribution in [3.05, 3.63) is 71.8 Å². The lowest BCUT2D eigenvalue weighted by molar-refractivity contribution is -0.485. The molecule has 142 valence electrons. The van der Waals surface area contributed by atoms with Crippen molar-refractivity contribution in [2.24, 2.45) is 11.7 Å². The van der Waals surface area contributed by atoms with Gasteiger partial charge in [0, 0.05) is 12.3 Å². The van der Waals surface area contributed by atoms with E-state index in [-0.39, 0.29) is 30.3 Å². The molecule has 3 saturated heterocycles. The lowest BCUT2D eigenvalue weighted by Crippen LogP contribution is -2.80. The predicted octanol–water partition coefficient (Wildman–Crippen LogP) is 2.63. The Hall–Kier alpha value is -1.76. The maximum Gasteiger partial charge on any atom is 0.272 e. The van der Waals surface area contributed by atoms with Crippen molar-refractivity contribution in [3.8, 4) is 0 Å². The molecule has 2 aromatic carbocycles. The van der Waals surface area contributed by atoms with Crippen molar-refractivity contribution in [1.82, 2.24) is 0 Å². The highest BCUT2D eigenvalue weighted by molar-refractivity contribution is 5.24. The second-order valence-electron chi connectivity index (χ2n) is 7.83. The Labute approximate surface area is 159 Å². The van der Waals surface area contributed by atoms with Gasteiger partial charge in [-0.3, -0.25) is 0 Å². The van der Waals surface area contributed by atoms with Crippen molar-refractivity contribution >= 4 is 0 Å². The highest BCUT2D eigenvalue weighted by Gasteiger charge is 2.67. The van der Waals surface area contributed by atoms with E-state index in [2.05, 4.69) is 31.2 Å². The van der Waals surface area contributed by atoms with Crippen LogP contribution in [0.15, 0.2) is 60.7 Å². The van der Waals surface area contributed by atoms with Gasteiger partial charge in [-0.1, -0.05) is 67.6 Å². The summed E-state index contributed by atoms with van der Waals surface area (Å²) in [5, 5.41) is 0. The van der Waals surface area contributed by atoms with Gasteiger partial charge >= 0.3 is 0 Å². The summed E-state index contributed by atoms with van der Waals surface area (Å²) in [6.45, 7) is 1.99. The first-order valence-electron chi connectivity index (χ1n) is 9.61. The summed E-state index contributed by atoms with van der Waals surface area (Å²) < 4.78 is 24.7. The first kappa shape index (κ1) is 17.3. The van der Waals surface area contributed by atoms with E-state index in [1.165, 1.54) is 5.56 Å². The van der Waals surface area contributed by atoms with E-state index in [1.54, 1.807) is 0 Å². The SMILES string of the molecule is CC1C2OC3OC1C(Cc1ccccc1)(OCc1ccccc1)C(O3)C2N. The van der Waals surface area contributed by atoms with Gasteiger partial charge in [0.2, 0.25) is 0 Å². The van der Waals surface area contributed by atoms with E-state index in [1.807, 2.05) is 36.4 Å². The Balaban J connectivity index is 1.51. The Morgan fingerprint density at radius 3 is 2.22 bits per heavy atom. The van der Waals surface area contributed by atoms with Crippen LogP contribution in [0.3, 0.4) is 0 Å². The molecule has 2 aromatic rings. The molecule has 7 unspecified atom stereocenters. The maximum absolute atomic E-state index is 6.65. The average molecular weight is 367 g/mol. The van der Waals surface area contributed by atoms with Gasteiger partial charge in [0.1, 0.15) is 17.8 Å². The first-order chi connectivity index (χ1) is 13.2.